The molecule has 1 rings (SSSR count). The number of halogens is 1. The molecule has 1 aromatic carbocycles. The third-order valence-corrected chi connectivity index (χ3v) is 3.92. The molecule has 0 spiro atoms. The number of esters is 1. The van der Waals surface area contributed by atoms with Gasteiger partial charge in [0.15, 0.2) is 0 Å². The van der Waals surface area contributed by atoms with Crippen molar-refractivity contribution in [2.45, 2.75) is 45.7 Å². The van der Waals surface area contributed by atoms with E-state index in [9.17, 15) is 28.7 Å². The van der Waals surface area contributed by atoms with Gasteiger partial charge in [0, 0.05) is 13.3 Å². The monoisotopic (exact) mass is 396 g/mol. The number of carboxylic acids is 1. The molecule has 0 heterocycles. The Labute approximate surface area is 162 Å². The summed E-state index contributed by atoms with van der Waals surface area (Å²) in [7, 11) is 0. The minimum atomic E-state index is -1.35. The molecule has 0 aliphatic heterocycles. The number of ether oxygens (including phenoxy) is 1. The van der Waals surface area contributed by atoms with Crippen LogP contribution < -0.4 is 10.6 Å². The fourth-order valence-corrected chi connectivity index (χ4v) is 2.58. The van der Waals surface area contributed by atoms with Gasteiger partial charge in [0.1, 0.15) is 17.9 Å². The van der Waals surface area contributed by atoms with Gasteiger partial charge in [-0.15, -0.1) is 0 Å². The number of hydrogen-bond donors (Lipinski definition) is 3. The second-order valence-electron chi connectivity index (χ2n) is 6.38. The zero-order chi connectivity index (χ0) is 21.3. The van der Waals surface area contributed by atoms with Gasteiger partial charge in [-0.3, -0.25) is 14.4 Å². The van der Waals surface area contributed by atoms with Crippen LogP contribution >= 0.6 is 0 Å². The number of carbonyl (C=O) groups excluding carboxylic acids is 3. The van der Waals surface area contributed by atoms with E-state index in [2.05, 4.69) is 10.6 Å². The van der Waals surface area contributed by atoms with Crippen LogP contribution in [0.25, 0.3) is 0 Å². The van der Waals surface area contributed by atoms with Crippen LogP contribution in [0, 0.1) is 11.7 Å². The van der Waals surface area contributed by atoms with Crippen LogP contribution in [0.4, 0.5) is 4.39 Å². The number of amides is 2. The number of carbonyl (C=O) groups is 4. The summed E-state index contributed by atoms with van der Waals surface area (Å²) >= 11 is 0. The van der Waals surface area contributed by atoms with Gasteiger partial charge in [-0.1, -0.05) is 19.1 Å². The van der Waals surface area contributed by atoms with Gasteiger partial charge in [0.25, 0.3) is 0 Å². The molecule has 0 bridgehead atoms. The average molecular weight is 396 g/mol. The normalized spacial score (nSPS) is 13.7. The predicted molar refractivity (Wildman–Crippen MR) is 97.7 cm³/mol. The van der Waals surface area contributed by atoms with Crippen molar-refractivity contribution >= 4 is 23.8 Å². The second kappa shape index (κ2) is 11.0. The van der Waals surface area contributed by atoms with E-state index in [1.807, 2.05) is 0 Å². The zero-order valence-electron chi connectivity index (χ0n) is 16.0. The number of benzene rings is 1. The van der Waals surface area contributed by atoms with Crippen molar-refractivity contribution < 1.29 is 33.4 Å². The van der Waals surface area contributed by atoms with E-state index in [4.69, 9.17) is 4.74 Å². The summed E-state index contributed by atoms with van der Waals surface area (Å²) in [6.07, 6.45) is -0.199. The molecule has 0 saturated heterocycles. The van der Waals surface area contributed by atoms with Crippen molar-refractivity contribution in [3.8, 4) is 0 Å². The highest BCUT2D eigenvalue weighted by atomic mass is 19.1. The van der Waals surface area contributed by atoms with Crippen LogP contribution in [0.2, 0.25) is 0 Å². The molecular formula is C19H25FN2O6. The number of rotatable bonds is 10. The third kappa shape index (κ3) is 7.73. The molecule has 28 heavy (non-hydrogen) atoms. The first-order valence-electron chi connectivity index (χ1n) is 8.85. The molecule has 0 aliphatic rings. The largest absolute Gasteiger partial charge is 0.480 e. The molecule has 3 N–H and O–H groups in total. The molecule has 0 fully saturated rings. The Bertz CT molecular complexity index is 724. The van der Waals surface area contributed by atoms with Crippen LogP contribution in [0.3, 0.4) is 0 Å². The minimum absolute atomic E-state index is 0.0249. The van der Waals surface area contributed by atoms with Crippen LogP contribution in [0.5, 0.6) is 0 Å². The van der Waals surface area contributed by atoms with E-state index in [0.29, 0.717) is 5.56 Å². The Hall–Kier alpha value is -2.97. The average Bonchev–Trinajstić information content (AvgIpc) is 2.60. The first-order valence-corrected chi connectivity index (χ1v) is 8.85. The standard InChI is InChI=1S/C19H25FN2O6/c1-4-28-19(27)11(2)8-16(18(25)26)22-17(24)15(21-12(3)23)10-13-6-5-7-14(20)9-13/h5-7,9,11,15-16H,4,8,10H2,1-3H3,(H,21,23)(H,22,24)(H,25,26)/t11-,15+,16-/m1/s1. The van der Waals surface area contributed by atoms with Crippen molar-refractivity contribution in [2.24, 2.45) is 5.92 Å². The summed E-state index contributed by atoms with van der Waals surface area (Å²) in [5.74, 6) is -4.38. The van der Waals surface area contributed by atoms with Crippen LogP contribution in [-0.2, 0) is 30.3 Å². The molecule has 0 aliphatic carbocycles. The quantitative estimate of drug-likeness (QED) is 0.508. The molecule has 2 amide bonds. The minimum Gasteiger partial charge on any atom is -0.480 e. The Kier molecular flexibility index (Phi) is 9.07. The highest BCUT2D eigenvalue weighted by molar-refractivity contribution is 5.90. The molecule has 9 heteroatoms. The number of hydrogen-bond acceptors (Lipinski definition) is 5. The third-order valence-electron chi connectivity index (χ3n) is 3.92. The molecular weight excluding hydrogens is 371 g/mol. The Morgan fingerprint density at radius 3 is 2.39 bits per heavy atom. The smallest absolute Gasteiger partial charge is 0.326 e. The fourth-order valence-electron chi connectivity index (χ4n) is 2.58. The molecule has 0 radical (unpaired) electrons. The van der Waals surface area contributed by atoms with E-state index in [0.717, 1.165) is 0 Å². The SMILES string of the molecule is CCOC(=O)[C@H](C)C[C@@H](NC(=O)[C@H](Cc1cccc(F)c1)NC(C)=O)C(=O)O. The van der Waals surface area contributed by atoms with Gasteiger partial charge in [-0.2, -0.15) is 0 Å². The number of carboxylic acid groups (broad SMARTS) is 1. The summed E-state index contributed by atoms with van der Waals surface area (Å²) in [4.78, 5) is 47.2. The van der Waals surface area contributed by atoms with Crippen molar-refractivity contribution in [3.05, 3.63) is 35.6 Å². The fraction of sp³-hybridized carbons (Fsp3) is 0.474. The lowest BCUT2D eigenvalue weighted by atomic mass is 10.0. The van der Waals surface area contributed by atoms with Crippen molar-refractivity contribution in [3.63, 3.8) is 0 Å². The van der Waals surface area contributed by atoms with E-state index in [-0.39, 0.29) is 19.4 Å². The highest BCUT2D eigenvalue weighted by Gasteiger charge is 2.29. The number of nitrogens with one attached hydrogen (secondary N) is 2. The molecule has 0 unspecified atom stereocenters. The van der Waals surface area contributed by atoms with Gasteiger partial charge in [-0.05, 0) is 31.0 Å². The van der Waals surface area contributed by atoms with Crippen LogP contribution in [0.15, 0.2) is 24.3 Å². The second-order valence-corrected chi connectivity index (χ2v) is 6.38. The van der Waals surface area contributed by atoms with Gasteiger partial charge >= 0.3 is 11.9 Å². The predicted octanol–water partition coefficient (Wildman–Crippen LogP) is 1.03. The first-order chi connectivity index (χ1) is 13.1. The molecule has 8 nitrogen and oxygen atoms in total. The molecule has 1 aromatic rings. The lowest BCUT2D eigenvalue weighted by molar-refractivity contribution is -0.149. The van der Waals surface area contributed by atoms with Gasteiger partial charge in [0.05, 0.1) is 12.5 Å². The van der Waals surface area contributed by atoms with Crippen molar-refractivity contribution in [1.82, 2.24) is 10.6 Å². The first kappa shape index (κ1) is 23.1. The maximum atomic E-state index is 13.4. The summed E-state index contributed by atoms with van der Waals surface area (Å²) in [6, 6.07) is 3.07. The summed E-state index contributed by atoms with van der Waals surface area (Å²) in [6.45, 7) is 4.50. The Morgan fingerprint density at radius 2 is 1.86 bits per heavy atom. The zero-order valence-corrected chi connectivity index (χ0v) is 16.0. The van der Waals surface area contributed by atoms with Gasteiger partial charge < -0.3 is 20.5 Å². The van der Waals surface area contributed by atoms with Gasteiger partial charge in [0.2, 0.25) is 11.8 Å². The molecule has 154 valence electrons. The van der Waals surface area contributed by atoms with E-state index in [1.54, 1.807) is 13.0 Å². The molecule has 0 saturated carbocycles. The maximum absolute atomic E-state index is 13.4. The van der Waals surface area contributed by atoms with Gasteiger partial charge in [-0.25, -0.2) is 9.18 Å². The maximum Gasteiger partial charge on any atom is 0.326 e. The van der Waals surface area contributed by atoms with Crippen molar-refractivity contribution in [1.29, 1.82) is 0 Å². The lowest BCUT2D eigenvalue weighted by Crippen LogP contribution is -2.52. The van der Waals surface area contributed by atoms with Crippen LogP contribution in [0.1, 0.15) is 32.8 Å². The van der Waals surface area contributed by atoms with E-state index in [1.165, 1.54) is 32.0 Å². The van der Waals surface area contributed by atoms with Crippen LogP contribution in [-0.4, -0.2) is 47.6 Å². The summed E-state index contributed by atoms with van der Waals surface area (Å²) in [5.41, 5.74) is 0.459. The highest BCUT2D eigenvalue weighted by Crippen LogP contribution is 2.11. The lowest BCUT2D eigenvalue weighted by Gasteiger charge is -2.22. The Morgan fingerprint density at radius 1 is 1.18 bits per heavy atom. The molecule has 3 atom stereocenters. The number of aliphatic carboxylic acids is 1. The summed E-state index contributed by atoms with van der Waals surface area (Å²) < 4.78 is 18.2. The summed E-state index contributed by atoms with van der Waals surface area (Å²) in [5, 5.41) is 14.1. The van der Waals surface area contributed by atoms with E-state index >= 15 is 0 Å². The van der Waals surface area contributed by atoms with Crippen molar-refractivity contribution in [2.75, 3.05) is 6.61 Å². The molecule has 0 aromatic heterocycles. The van der Waals surface area contributed by atoms with E-state index < -0.39 is 47.6 Å². The Balaban J connectivity index is 2.88. The topological polar surface area (TPSA) is 122 Å².